The Balaban J connectivity index is 2.18. The first-order valence-electron chi connectivity index (χ1n) is 6.45. The first-order valence-corrected chi connectivity index (χ1v) is 7.89. The molecule has 0 bridgehead atoms. The Bertz CT molecular complexity index is 585. The number of aliphatic hydroxyl groups excluding tert-OH is 1. The van der Waals surface area contributed by atoms with E-state index in [9.17, 15) is 21.6 Å². The second kappa shape index (κ2) is 5.93. The zero-order chi connectivity index (χ0) is 15.7. The second-order valence-electron chi connectivity index (χ2n) is 4.91. The molecule has 1 N–H and O–H groups in total. The molecular formula is C11H16F3N3O3S. The van der Waals surface area contributed by atoms with Gasteiger partial charge in [0.15, 0.2) is 0 Å². The van der Waals surface area contributed by atoms with Crippen LogP contribution in [0.1, 0.15) is 12.8 Å². The number of hydrogen-bond donors (Lipinski definition) is 1. The fraction of sp³-hybridized carbons (Fsp3) is 0.727. The summed E-state index contributed by atoms with van der Waals surface area (Å²) < 4.78 is 65.0. The molecule has 1 fully saturated rings. The number of rotatable bonds is 4. The highest BCUT2D eigenvalue weighted by atomic mass is 32.2. The van der Waals surface area contributed by atoms with E-state index < -0.39 is 28.7 Å². The molecule has 0 amide bonds. The maximum atomic E-state index is 12.7. The first-order chi connectivity index (χ1) is 9.75. The fourth-order valence-electron chi connectivity index (χ4n) is 2.28. The van der Waals surface area contributed by atoms with Crippen molar-refractivity contribution < 1.29 is 26.7 Å². The highest BCUT2D eigenvalue weighted by molar-refractivity contribution is 7.89. The molecule has 2 rings (SSSR count). The second-order valence-corrected chi connectivity index (χ2v) is 6.84. The Kier molecular flexibility index (Phi) is 4.59. The zero-order valence-electron chi connectivity index (χ0n) is 11.1. The zero-order valence-corrected chi connectivity index (χ0v) is 11.9. The standard InChI is InChI=1S/C11H16F3N3O3S/c12-11(13,14)9-2-1-3-17(7-9)21(19,20)10-6-15-16(8-10)4-5-18/h6,8-9,18H,1-5,7H2. The third kappa shape index (κ3) is 3.55. The van der Waals surface area contributed by atoms with E-state index >= 15 is 0 Å². The van der Waals surface area contributed by atoms with Crippen LogP contribution in [0.2, 0.25) is 0 Å². The maximum absolute atomic E-state index is 12.7. The number of halogens is 3. The van der Waals surface area contributed by atoms with Crippen LogP contribution < -0.4 is 0 Å². The summed E-state index contributed by atoms with van der Waals surface area (Å²) in [6, 6.07) is 0. The van der Waals surface area contributed by atoms with Gasteiger partial charge in [0.1, 0.15) is 4.90 Å². The molecule has 1 aliphatic heterocycles. The van der Waals surface area contributed by atoms with Crippen LogP contribution in [0, 0.1) is 5.92 Å². The van der Waals surface area contributed by atoms with Gasteiger partial charge in [-0.1, -0.05) is 0 Å². The molecule has 1 aromatic heterocycles. The van der Waals surface area contributed by atoms with Crippen LogP contribution in [0.15, 0.2) is 17.3 Å². The Morgan fingerprint density at radius 3 is 2.76 bits per heavy atom. The Morgan fingerprint density at radius 2 is 2.14 bits per heavy atom. The van der Waals surface area contributed by atoms with Gasteiger partial charge >= 0.3 is 6.18 Å². The molecule has 1 atom stereocenters. The number of nitrogens with zero attached hydrogens (tertiary/aromatic N) is 3. The van der Waals surface area contributed by atoms with E-state index in [1.165, 1.54) is 10.9 Å². The molecule has 0 saturated carbocycles. The average Bonchev–Trinajstić information content (AvgIpc) is 2.88. The number of hydrogen-bond acceptors (Lipinski definition) is 4. The van der Waals surface area contributed by atoms with E-state index in [4.69, 9.17) is 5.11 Å². The van der Waals surface area contributed by atoms with E-state index in [1.54, 1.807) is 0 Å². The molecule has 10 heteroatoms. The highest BCUT2D eigenvalue weighted by Crippen LogP contribution is 2.34. The van der Waals surface area contributed by atoms with Gasteiger partial charge in [-0.2, -0.15) is 22.6 Å². The highest BCUT2D eigenvalue weighted by Gasteiger charge is 2.44. The summed E-state index contributed by atoms with van der Waals surface area (Å²) in [6.07, 6.45) is -1.98. The van der Waals surface area contributed by atoms with Crippen molar-refractivity contribution in [2.75, 3.05) is 19.7 Å². The Labute approximate surface area is 120 Å². The van der Waals surface area contributed by atoms with Gasteiger partial charge in [0.05, 0.1) is 25.3 Å². The van der Waals surface area contributed by atoms with Gasteiger partial charge in [-0.3, -0.25) is 4.68 Å². The quantitative estimate of drug-likeness (QED) is 0.889. The lowest BCUT2D eigenvalue weighted by Gasteiger charge is -2.32. The maximum Gasteiger partial charge on any atom is 0.393 e. The van der Waals surface area contributed by atoms with Crippen LogP contribution in [0.5, 0.6) is 0 Å². The third-order valence-electron chi connectivity index (χ3n) is 3.42. The van der Waals surface area contributed by atoms with Crippen molar-refractivity contribution in [1.29, 1.82) is 0 Å². The molecule has 0 radical (unpaired) electrons. The lowest BCUT2D eigenvalue weighted by Crippen LogP contribution is -2.44. The van der Waals surface area contributed by atoms with Crippen molar-refractivity contribution in [3.05, 3.63) is 12.4 Å². The van der Waals surface area contributed by atoms with E-state index in [2.05, 4.69) is 5.10 Å². The molecule has 21 heavy (non-hydrogen) atoms. The van der Waals surface area contributed by atoms with Gasteiger partial charge in [0.2, 0.25) is 10.0 Å². The molecular weight excluding hydrogens is 311 g/mol. The predicted octanol–water partition coefficient (Wildman–Crippen LogP) is 0.838. The minimum Gasteiger partial charge on any atom is -0.394 e. The van der Waals surface area contributed by atoms with E-state index in [0.29, 0.717) is 0 Å². The Hall–Kier alpha value is -1.13. The van der Waals surface area contributed by atoms with Crippen LogP contribution in [-0.4, -0.2) is 53.5 Å². The lowest BCUT2D eigenvalue weighted by molar-refractivity contribution is -0.182. The SMILES string of the molecule is O=S(=O)(c1cnn(CCO)c1)N1CCCC(C(F)(F)F)C1. The molecule has 6 nitrogen and oxygen atoms in total. The van der Waals surface area contributed by atoms with Gasteiger partial charge in [0, 0.05) is 19.3 Å². The molecule has 0 aliphatic carbocycles. The molecule has 1 aromatic rings. The summed E-state index contributed by atoms with van der Waals surface area (Å²) in [5, 5.41) is 12.5. The average molecular weight is 327 g/mol. The van der Waals surface area contributed by atoms with E-state index in [-0.39, 0.29) is 37.4 Å². The monoisotopic (exact) mass is 327 g/mol. The smallest absolute Gasteiger partial charge is 0.393 e. The van der Waals surface area contributed by atoms with Gasteiger partial charge in [0.25, 0.3) is 0 Å². The number of sulfonamides is 1. The molecule has 1 aliphatic rings. The third-order valence-corrected chi connectivity index (χ3v) is 5.24. The largest absolute Gasteiger partial charge is 0.394 e. The van der Waals surface area contributed by atoms with Gasteiger partial charge < -0.3 is 5.11 Å². The van der Waals surface area contributed by atoms with Crippen molar-refractivity contribution in [3.8, 4) is 0 Å². The summed E-state index contributed by atoms with van der Waals surface area (Å²) >= 11 is 0. The summed E-state index contributed by atoms with van der Waals surface area (Å²) in [6.45, 7) is -0.571. The summed E-state index contributed by atoms with van der Waals surface area (Å²) in [4.78, 5) is -0.154. The van der Waals surface area contributed by atoms with Crippen molar-refractivity contribution in [3.63, 3.8) is 0 Å². The number of aliphatic hydroxyl groups is 1. The molecule has 2 heterocycles. The number of alkyl halides is 3. The minimum atomic E-state index is -4.39. The molecule has 0 spiro atoms. The summed E-state index contributed by atoms with van der Waals surface area (Å²) in [5.41, 5.74) is 0. The van der Waals surface area contributed by atoms with Crippen molar-refractivity contribution in [2.45, 2.75) is 30.5 Å². The molecule has 1 unspecified atom stereocenters. The summed E-state index contributed by atoms with van der Waals surface area (Å²) in [5.74, 6) is -1.63. The van der Waals surface area contributed by atoms with Crippen LogP contribution in [-0.2, 0) is 16.6 Å². The van der Waals surface area contributed by atoms with Crippen LogP contribution >= 0.6 is 0 Å². The van der Waals surface area contributed by atoms with Crippen molar-refractivity contribution in [2.24, 2.45) is 5.92 Å². The lowest BCUT2D eigenvalue weighted by atomic mass is 9.99. The van der Waals surface area contributed by atoms with Gasteiger partial charge in [-0.25, -0.2) is 8.42 Å². The number of aromatic nitrogens is 2. The summed E-state index contributed by atoms with van der Waals surface area (Å²) in [7, 11) is -3.98. The molecule has 120 valence electrons. The van der Waals surface area contributed by atoms with Crippen molar-refractivity contribution >= 4 is 10.0 Å². The van der Waals surface area contributed by atoms with Crippen LogP contribution in [0.3, 0.4) is 0 Å². The van der Waals surface area contributed by atoms with Crippen LogP contribution in [0.4, 0.5) is 13.2 Å². The first kappa shape index (κ1) is 16.2. The van der Waals surface area contributed by atoms with Crippen molar-refractivity contribution in [1.82, 2.24) is 14.1 Å². The molecule has 0 aromatic carbocycles. The van der Waals surface area contributed by atoms with E-state index in [1.807, 2.05) is 0 Å². The normalized spacial score (nSPS) is 21.6. The topological polar surface area (TPSA) is 75.4 Å². The fourth-order valence-corrected chi connectivity index (χ4v) is 3.76. The van der Waals surface area contributed by atoms with Gasteiger partial charge in [-0.05, 0) is 12.8 Å². The van der Waals surface area contributed by atoms with E-state index in [0.717, 1.165) is 10.5 Å². The minimum absolute atomic E-state index is 0.0563. The number of piperidine rings is 1. The Morgan fingerprint density at radius 1 is 1.43 bits per heavy atom. The predicted molar refractivity (Wildman–Crippen MR) is 66.9 cm³/mol. The van der Waals surface area contributed by atoms with Gasteiger partial charge in [-0.15, -0.1) is 0 Å². The van der Waals surface area contributed by atoms with Crippen LogP contribution in [0.25, 0.3) is 0 Å². The molecule has 1 saturated heterocycles.